The first kappa shape index (κ1) is 22.2. The van der Waals surface area contributed by atoms with Crippen LogP contribution in [0.3, 0.4) is 0 Å². The Labute approximate surface area is 168 Å². The molecule has 0 aliphatic rings. The Morgan fingerprint density at radius 3 is 2.66 bits per heavy atom. The molecule has 0 saturated heterocycles. The number of aromatic nitrogens is 2. The fourth-order valence-electron chi connectivity index (χ4n) is 2.37. The second-order valence-electron chi connectivity index (χ2n) is 7.16. The third-order valence-corrected chi connectivity index (χ3v) is 3.51. The topological polar surface area (TPSA) is 91.7 Å². The number of halogens is 1. The van der Waals surface area contributed by atoms with E-state index in [1.165, 1.54) is 22.9 Å². The molecule has 8 nitrogen and oxygen atoms in total. The first-order valence-corrected chi connectivity index (χ1v) is 9.27. The number of hydrogen-bond donors (Lipinski definition) is 1. The van der Waals surface area contributed by atoms with Crippen LogP contribution in [0.15, 0.2) is 30.3 Å². The summed E-state index contributed by atoms with van der Waals surface area (Å²) in [6, 6.07) is 7.45. The Kier molecular flexibility index (Phi) is 7.58. The molecular formula is C20H26FN3O5. The molecule has 0 saturated carbocycles. The monoisotopic (exact) mass is 407 g/mol. The SMILES string of the molecule is CCOC(=O)c1cc(OCc2cccc(F)c2)nn1CCNC(=O)OC(C)(C)C. The molecule has 0 aliphatic carbocycles. The summed E-state index contributed by atoms with van der Waals surface area (Å²) < 4.78 is 30.4. The average Bonchev–Trinajstić information content (AvgIpc) is 3.02. The summed E-state index contributed by atoms with van der Waals surface area (Å²) in [6.07, 6.45) is -0.565. The minimum Gasteiger partial charge on any atom is -0.472 e. The summed E-state index contributed by atoms with van der Waals surface area (Å²) in [6.45, 7) is 7.68. The number of ether oxygens (including phenoxy) is 3. The van der Waals surface area contributed by atoms with Crippen molar-refractivity contribution in [3.63, 3.8) is 0 Å². The first-order chi connectivity index (χ1) is 13.7. The van der Waals surface area contributed by atoms with Crippen LogP contribution in [0.2, 0.25) is 0 Å². The highest BCUT2D eigenvalue weighted by atomic mass is 19.1. The normalized spacial score (nSPS) is 11.1. The van der Waals surface area contributed by atoms with Gasteiger partial charge < -0.3 is 19.5 Å². The second kappa shape index (κ2) is 9.90. The van der Waals surface area contributed by atoms with Crippen molar-refractivity contribution in [2.24, 2.45) is 0 Å². The number of carbonyl (C=O) groups excluding carboxylic acids is 2. The van der Waals surface area contributed by atoms with Gasteiger partial charge in [-0.25, -0.2) is 14.0 Å². The molecule has 0 aliphatic heterocycles. The van der Waals surface area contributed by atoms with Gasteiger partial charge in [0.15, 0.2) is 0 Å². The highest BCUT2D eigenvalue weighted by Crippen LogP contribution is 2.16. The maximum absolute atomic E-state index is 13.3. The fraction of sp³-hybridized carbons (Fsp3) is 0.450. The van der Waals surface area contributed by atoms with Crippen molar-refractivity contribution in [3.8, 4) is 5.88 Å². The van der Waals surface area contributed by atoms with Crippen LogP contribution in [0, 0.1) is 5.82 Å². The Hall–Kier alpha value is -3.10. The number of nitrogens with one attached hydrogen (secondary N) is 1. The highest BCUT2D eigenvalue weighted by Gasteiger charge is 2.19. The van der Waals surface area contributed by atoms with E-state index in [4.69, 9.17) is 14.2 Å². The van der Waals surface area contributed by atoms with Crippen LogP contribution in [0.4, 0.5) is 9.18 Å². The number of alkyl carbamates (subject to hydrolysis) is 1. The minimum atomic E-state index is -0.607. The van der Waals surface area contributed by atoms with E-state index in [1.807, 2.05) is 0 Å². The van der Waals surface area contributed by atoms with Crippen molar-refractivity contribution in [1.29, 1.82) is 0 Å². The molecule has 1 heterocycles. The molecule has 29 heavy (non-hydrogen) atoms. The van der Waals surface area contributed by atoms with E-state index < -0.39 is 17.7 Å². The van der Waals surface area contributed by atoms with Crippen molar-refractivity contribution in [2.45, 2.75) is 46.4 Å². The summed E-state index contributed by atoms with van der Waals surface area (Å²) in [5, 5.41) is 6.83. The third kappa shape index (κ3) is 7.44. The van der Waals surface area contributed by atoms with Gasteiger partial charge in [0.2, 0.25) is 5.88 Å². The summed E-state index contributed by atoms with van der Waals surface area (Å²) in [5.41, 5.74) is 0.208. The number of amides is 1. The van der Waals surface area contributed by atoms with E-state index in [1.54, 1.807) is 39.8 Å². The summed E-state index contributed by atoms with van der Waals surface area (Å²) in [5.74, 6) is -0.732. The average molecular weight is 407 g/mol. The van der Waals surface area contributed by atoms with Crippen molar-refractivity contribution in [2.75, 3.05) is 13.2 Å². The van der Waals surface area contributed by atoms with Crippen LogP contribution in [-0.4, -0.2) is 40.6 Å². The quantitative estimate of drug-likeness (QED) is 0.675. The van der Waals surface area contributed by atoms with Crippen molar-refractivity contribution < 1.29 is 28.2 Å². The molecule has 0 fully saturated rings. The molecular weight excluding hydrogens is 381 g/mol. The highest BCUT2D eigenvalue weighted by molar-refractivity contribution is 5.87. The molecule has 1 aromatic carbocycles. The van der Waals surface area contributed by atoms with Gasteiger partial charge in [-0.1, -0.05) is 12.1 Å². The van der Waals surface area contributed by atoms with E-state index in [-0.39, 0.29) is 43.7 Å². The zero-order valence-corrected chi connectivity index (χ0v) is 17.0. The maximum Gasteiger partial charge on any atom is 0.407 e. The van der Waals surface area contributed by atoms with Crippen molar-refractivity contribution in [1.82, 2.24) is 15.1 Å². The van der Waals surface area contributed by atoms with Gasteiger partial charge in [-0.2, -0.15) is 0 Å². The van der Waals surface area contributed by atoms with Crippen molar-refractivity contribution in [3.05, 3.63) is 47.4 Å². The Balaban J connectivity index is 2.03. The number of carbonyl (C=O) groups is 2. The molecule has 1 amide bonds. The van der Waals surface area contributed by atoms with E-state index in [9.17, 15) is 14.0 Å². The number of nitrogens with zero attached hydrogens (tertiary/aromatic N) is 2. The van der Waals surface area contributed by atoms with E-state index in [0.717, 1.165) is 0 Å². The minimum absolute atomic E-state index is 0.0905. The molecule has 158 valence electrons. The predicted molar refractivity (Wildman–Crippen MR) is 103 cm³/mol. The number of esters is 1. The Morgan fingerprint density at radius 1 is 1.24 bits per heavy atom. The zero-order valence-electron chi connectivity index (χ0n) is 17.0. The summed E-state index contributed by atoms with van der Waals surface area (Å²) in [4.78, 5) is 23.9. The number of hydrogen-bond acceptors (Lipinski definition) is 6. The molecule has 2 rings (SSSR count). The Morgan fingerprint density at radius 2 is 2.00 bits per heavy atom. The molecule has 0 bridgehead atoms. The van der Waals surface area contributed by atoms with Gasteiger partial charge in [0.25, 0.3) is 0 Å². The van der Waals surface area contributed by atoms with Gasteiger partial charge in [-0.05, 0) is 45.4 Å². The lowest BCUT2D eigenvalue weighted by molar-refractivity contribution is 0.0512. The maximum atomic E-state index is 13.3. The molecule has 0 spiro atoms. The largest absolute Gasteiger partial charge is 0.472 e. The lowest BCUT2D eigenvalue weighted by Crippen LogP contribution is -2.34. The lowest BCUT2D eigenvalue weighted by atomic mass is 10.2. The van der Waals surface area contributed by atoms with E-state index in [0.29, 0.717) is 5.56 Å². The predicted octanol–water partition coefficient (Wildman–Crippen LogP) is 3.30. The number of rotatable bonds is 8. The van der Waals surface area contributed by atoms with Crippen molar-refractivity contribution >= 4 is 12.1 Å². The molecule has 1 N–H and O–H groups in total. The van der Waals surface area contributed by atoms with Gasteiger partial charge in [-0.3, -0.25) is 4.68 Å². The number of benzene rings is 1. The molecule has 2 aromatic rings. The molecule has 0 atom stereocenters. The van der Waals surface area contributed by atoms with E-state index >= 15 is 0 Å². The smallest absolute Gasteiger partial charge is 0.407 e. The van der Waals surface area contributed by atoms with Crippen LogP contribution in [0.1, 0.15) is 43.7 Å². The zero-order chi connectivity index (χ0) is 21.4. The molecule has 0 unspecified atom stereocenters. The van der Waals surface area contributed by atoms with Gasteiger partial charge in [0.05, 0.1) is 13.2 Å². The van der Waals surface area contributed by atoms with Crippen LogP contribution in [0.25, 0.3) is 0 Å². The summed E-state index contributed by atoms with van der Waals surface area (Å²) >= 11 is 0. The third-order valence-electron chi connectivity index (χ3n) is 3.51. The van der Waals surface area contributed by atoms with Gasteiger partial charge in [0.1, 0.15) is 23.7 Å². The van der Waals surface area contributed by atoms with Gasteiger partial charge >= 0.3 is 12.1 Å². The molecule has 0 radical (unpaired) electrons. The second-order valence-corrected chi connectivity index (χ2v) is 7.16. The fourth-order valence-corrected chi connectivity index (χ4v) is 2.37. The van der Waals surface area contributed by atoms with Crippen LogP contribution >= 0.6 is 0 Å². The van der Waals surface area contributed by atoms with E-state index in [2.05, 4.69) is 10.4 Å². The van der Waals surface area contributed by atoms with Gasteiger partial charge in [0, 0.05) is 12.6 Å². The first-order valence-electron chi connectivity index (χ1n) is 9.27. The molecule has 1 aromatic heterocycles. The summed E-state index contributed by atoms with van der Waals surface area (Å²) in [7, 11) is 0. The van der Waals surface area contributed by atoms with Crippen LogP contribution in [0.5, 0.6) is 5.88 Å². The van der Waals surface area contributed by atoms with Crippen LogP contribution < -0.4 is 10.1 Å². The van der Waals surface area contributed by atoms with Gasteiger partial charge in [-0.15, -0.1) is 5.10 Å². The standard InChI is InChI=1S/C20H26FN3O5/c1-5-27-18(25)16-12-17(28-13-14-7-6-8-15(21)11-14)23-24(16)10-9-22-19(26)29-20(2,3)4/h6-8,11-12H,5,9-10,13H2,1-4H3,(H,22,26). The lowest BCUT2D eigenvalue weighted by Gasteiger charge is -2.19. The molecule has 9 heteroatoms. The Bertz CT molecular complexity index is 845. The van der Waals surface area contributed by atoms with Crippen LogP contribution in [-0.2, 0) is 22.6 Å².